The average molecular weight is 569 g/mol. The highest BCUT2D eigenvalue weighted by Gasteiger charge is 2.50. The third kappa shape index (κ3) is 5.13. The molecule has 0 saturated carbocycles. The Labute approximate surface area is 232 Å². The van der Waals surface area contributed by atoms with Crippen molar-refractivity contribution >= 4 is 48.6 Å². The Hall–Kier alpha value is -3.42. The highest BCUT2D eigenvalue weighted by Crippen LogP contribution is 2.40. The summed E-state index contributed by atoms with van der Waals surface area (Å²) < 4.78 is 8.30. The van der Waals surface area contributed by atoms with Gasteiger partial charge in [-0.15, -0.1) is 11.3 Å². The number of imidazole rings is 1. The summed E-state index contributed by atoms with van der Waals surface area (Å²) in [5.74, 6) is 10.3. The molecule has 11 nitrogen and oxygen atoms in total. The summed E-state index contributed by atoms with van der Waals surface area (Å²) in [7, 11) is -2.12. The van der Waals surface area contributed by atoms with Gasteiger partial charge in [-0.2, -0.15) is 10.2 Å². The van der Waals surface area contributed by atoms with Gasteiger partial charge in [0.25, 0.3) is 0 Å². The van der Waals surface area contributed by atoms with E-state index in [0.29, 0.717) is 26.9 Å². The summed E-state index contributed by atoms with van der Waals surface area (Å²) in [6, 6.07) is 3.33. The SMILES string of the molecule is C[C@@H](O[Si](C)(C)C(C)(C)C)[C@H]1C(=O)N[C@@H]1[C@@H](C)C(=O)c1sc2c(-c3cccnc3)nc(C=NN)n2c1C=NN. The van der Waals surface area contributed by atoms with Crippen molar-refractivity contribution in [1.82, 2.24) is 19.7 Å². The minimum absolute atomic E-state index is 0.00178. The van der Waals surface area contributed by atoms with Crippen LogP contribution in [-0.4, -0.2) is 59.0 Å². The van der Waals surface area contributed by atoms with Crippen LogP contribution in [-0.2, 0) is 9.22 Å². The van der Waals surface area contributed by atoms with Crippen LogP contribution in [0.5, 0.6) is 0 Å². The number of nitrogens with one attached hydrogen (secondary N) is 1. The first-order chi connectivity index (χ1) is 18.3. The van der Waals surface area contributed by atoms with Gasteiger partial charge < -0.3 is 21.4 Å². The van der Waals surface area contributed by atoms with E-state index in [9.17, 15) is 9.59 Å². The Balaban J connectivity index is 1.72. The third-order valence-electron chi connectivity index (χ3n) is 7.82. The molecule has 0 aliphatic carbocycles. The fourth-order valence-corrected chi connectivity index (χ4v) is 7.35. The van der Waals surface area contributed by atoms with E-state index in [1.165, 1.54) is 23.8 Å². The van der Waals surface area contributed by atoms with Crippen molar-refractivity contribution in [2.24, 2.45) is 33.7 Å². The maximum Gasteiger partial charge on any atom is 0.228 e. The summed E-state index contributed by atoms with van der Waals surface area (Å²) in [4.78, 5) is 36.7. The minimum atomic E-state index is -2.12. The number of hydrazone groups is 2. The van der Waals surface area contributed by atoms with Gasteiger partial charge >= 0.3 is 0 Å². The number of hydrogen-bond acceptors (Lipinski definition) is 10. The van der Waals surface area contributed by atoms with E-state index in [1.54, 1.807) is 16.8 Å². The second kappa shape index (κ2) is 10.6. The van der Waals surface area contributed by atoms with Crippen LogP contribution in [0.4, 0.5) is 0 Å². The number of carbonyl (C=O) groups excluding carboxylic acids is 2. The van der Waals surface area contributed by atoms with E-state index >= 15 is 0 Å². The van der Waals surface area contributed by atoms with Crippen molar-refractivity contribution in [1.29, 1.82) is 0 Å². The Morgan fingerprint density at radius 2 is 1.95 bits per heavy atom. The number of Topliss-reactive ketones (excluding diaryl/α,β-unsaturated/α-hetero) is 1. The number of pyridine rings is 1. The number of thiazole rings is 1. The fourth-order valence-electron chi connectivity index (χ4n) is 4.65. The molecule has 0 aromatic carbocycles. The van der Waals surface area contributed by atoms with E-state index in [-0.39, 0.29) is 28.9 Å². The van der Waals surface area contributed by atoms with E-state index in [4.69, 9.17) is 16.1 Å². The van der Waals surface area contributed by atoms with Crippen molar-refractivity contribution in [3.63, 3.8) is 0 Å². The molecule has 4 rings (SSSR count). The topological polar surface area (TPSA) is 162 Å². The van der Waals surface area contributed by atoms with Crippen molar-refractivity contribution in [3.05, 3.63) is 40.9 Å². The molecule has 13 heteroatoms. The summed E-state index contributed by atoms with van der Waals surface area (Å²) in [6.45, 7) is 14.6. The number of nitrogens with zero attached hydrogens (tertiary/aromatic N) is 5. The molecular formula is C26H36N8O3SSi. The zero-order chi connectivity index (χ0) is 28.7. The summed E-state index contributed by atoms with van der Waals surface area (Å²) in [5.41, 5.74) is 1.88. The highest BCUT2D eigenvalue weighted by atomic mass is 32.1. The summed E-state index contributed by atoms with van der Waals surface area (Å²) in [6.07, 6.45) is 5.89. The number of rotatable bonds is 9. The third-order valence-corrected chi connectivity index (χ3v) is 13.6. The van der Waals surface area contributed by atoms with Crippen LogP contribution in [0, 0.1) is 11.8 Å². The van der Waals surface area contributed by atoms with Crippen LogP contribution in [0.1, 0.15) is 55.8 Å². The lowest BCUT2D eigenvalue weighted by Crippen LogP contribution is -2.66. The maximum absolute atomic E-state index is 14.0. The van der Waals surface area contributed by atoms with E-state index in [2.05, 4.69) is 59.4 Å². The number of aromatic nitrogens is 3. The van der Waals surface area contributed by atoms with Gasteiger partial charge in [0, 0.05) is 23.9 Å². The highest BCUT2D eigenvalue weighted by molar-refractivity contribution is 7.20. The second-order valence-corrected chi connectivity index (χ2v) is 17.1. The molecule has 1 aliphatic rings. The molecule has 3 aromatic heterocycles. The summed E-state index contributed by atoms with van der Waals surface area (Å²) in [5, 5.41) is 10.3. The number of hydrogen-bond donors (Lipinski definition) is 3. The normalized spacial score (nSPS) is 19.9. The number of nitrogens with two attached hydrogens (primary N) is 2. The number of β-lactam (4-membered cyclic amide) rings is 1. The predicted molar refractivity (Wildman–Crippen MR) is 157 cm³/mol. The van der Waals surface area contributed by atoms with Crippen LogP contribution >= 0.6 is 11.3 Å². The second-order valence-electron chi connectivity index (χ2n) is 11.4. The molecule has 3 aromatic rings. The standard InChI is InChI=1S/C26H36N8O3SSi/c1-14(20-19(24(36)33-20)15(2)37-39(6,7)26(3,4)5)22(35)23-17(12-30-27)34-18(13-31-28)32-21(25(34)38-23)16-9-8-10-29-11-16/h8-15,19-20H,27-28H2,1-7H3,(H,33,36)/t14-,15-,19-,20-/m1/s1. The van der Waals surface area contributed by atoms with Gasteiger partial charge in [-0.05, 0) is 37.2 Å². The van der Waals surface area contributed by atoms with Gasteiger partial charge in [0.2, 0.25) is 5.91 Å². The van der Waals surface area contributed by atoms with Crippen LogP contribution in [0.25, 0.3) is 16.1 Å². The summed E-state index contributed by atoms with van der Waals surface area (Å²) >= 11 is 1.28. The minimum Gasteiger partial charge on any atom is -0.413 e. The van der Waals surface area contributed by atoms with E-state index in [0.717, 1.165) is 5.56 Å². The molecule has 1 aliphatic heterocycles. The molecule has 0 bridgehead atoms. The van der Waals surface area contributed by atoms with Crippen molar-refractivity contribution in [2.45, 2.75) is 64.9 Å². The van der Waals surface area contributed by atoms with Crippen molar-refractivity contribution < 1.29 is 14.0 Å². The van der Waals surface area contributed by atoms with Crippen LogP contribution in [0.2, 0.25) is 18.1 Å². The van der Waals surface area contributed by atoms with Gasteiger partial charge in [-0.3, -0.25) is 19.0 Å². The molecule has 0 spiro atoms. The molecule has 0 radical (unpaired) electrons. The van der Waals surface area contributed by atoms with Gasteiger partial charge in [0.05, 0.1) is 41.1 Å². The Kier molecular flexibility index (Phi) is 7.79. The molecule has 0 unspecified atom stereocenters. The van der Waals surface area contributed by atoms with Gasteiger partial charge in [0.1, 0.15) is 10.5 Å². The molecule has 1 fully saturated rings. The van der Waals surface area contributed by atoms with Crippen molar-refractivity contribution in [3.8, 4) is 11.3 Å². The molecule has 1 amide bonds. The van der Waals surface area contributed by atoms with Crippen LogP contribution in [0.15, 0.2) is 34.7 Å². The predicted octanol–water partition coefficient (Wildman–Crippen LogP) is 3.39. The van der Waals surface area contributed by atoms with Gasteiger partial charge in [-0.25, -0.2) is 4.98 Å². The average Bonchev–Trinajstić information content (AvgIpc) is 3.39. The number of carbonyl (C=O) groups is 2. The Morgan fingerprint density at radius 3 is 2.51 bits per heavy atom. The smallest absolute Gasteiger partial charge is 0.228 e. The lowest BCUT2D eigenvalue weighted by Gasteiger charge is -2.46. The Morgan fingerprint density at radius 1 is 1.26 bits per heavy atom. The quantitative estimate of drug-likeness (QED) is 0.0890. The zero-order valence-corrected chi connectivity index (χ0v) is 25.1. The van der Waals surface area contributed by atoms with E-state index < -0.39 is 20.2 Å². The maximum atomic E-state index is 14.0. The number of ketones is 1. The van der Waals surface area contributed by atoms with Crippen LogP contribution < -0.4 is 17.0 Å². The lowest BCUT2D eigenvalue weighted by atomic mass is 9.77. The molecule has 39 heavy (non-hydrogen) atoms. The monoisotopic (exact) mass is 568 g/mol. The van der Waals surface area contributed by atoms with Gasteiger partial charge in [-0.1, -0.05) is 27.7 Å². The first-order valence-corrected chi connectivity index (χ1v) is 16.5. The lowest BCUT2D eigenvalue weighted by molar-refractivity contribution is -0.141. The van der Waals surface area contributed by atoms with Gasteiger partial charge in [0.15, 0.2) is 19.9 Å². The molecule has 1 saturated heterocycles. The zero-order valence-electron chi connectivity index (χ0n) is 23.3. The van der Waals surface area contributed by atoms with E-state index in [1.807, 2.05) is 26.0 Å². The fraction of sp³-hybridized carbons (Fsp3) is 0.462. The largest absolute Gasteiger partial charge is 0.413 e. The van der Waals surface area contributed by atoms with Crippen molar-refractivity contribution in [2.75, 3.05) is 0 Å². The number of amides is 1. The molecule has 4 atom stereocenters. The molecular weight excluding hydrogens is 532 g/mol. The first kappa shape index (κ1) is 28.6. The number of fused-ring (bicyclic) bond motifs is 1. The Bertz CT molecular complexity index is 1440. The van der Waals surface area contributed by atoms with Crippen LogP contribution in [0.3, 0.4) is 0 Å². The molecule has 208 valence electrons. The molecule has 4 heterocycles. The first-order valence-electron chi connectivity index (χ1n) is 12.8. The molecule has 5 N–H and O–H groups in total.